The monoisotopic (exact) mass is 406 g/mol. The zero-order valence-corrected chi connectivity index (χ0v) is 16.8. The lowest BCUT2D eigenvalue weighted by atomic mass is 10.1. The Morgan fingerprint density at radius 2 is 1.58 bits per heavy atom. The summed E-state index contributed by atoms with van der Waals surface area (Å²) in [4.78, 5) is 32.5. The SMILES string of the molecule is CCc1ccc(-c2nn3c(nc2=O)-c2ccccc2N2C(=O)c4ccccc4[C@@H]23)cc1. The Labute approximate surface area is 178 Å². The third-order valence-corrected chi connectivity index (χ3v) is 6.04. The van der Waals surface area contributed by atoms with Gasteiger partial charge < -0.3 is 0 Å². The van der Waals surface area contributed by atoms with Crippen LogP contribution >= 0.6 is 0 Å². The highest BCUT2D eigenvalue weighted by Crippen LogP contribution is 2.46. The third kappa shape index (κ3) is 2.45. The molecule has 2 aliphatic heterocycles. The molecule has 0 radical (unpaired) electrons. The fraction of sp³-hybridized carbons (Fsp3) is 0.120. The Morgan fingerprint density at radius 1 is 0.871 bits per heavy atom. The van der Waals surface area contributed by atoms with Gasteiger partial charge in [0.05, 0.1) is 5.69 Å². The molecule has 6 rings (SSSR count). The van der Waals surface area contributed by atoms with E-state index in [-0.39, 0.29) is 17.2 Å². The summed E-state index contributed by atoms with van der Waals surface area (Å²) in [6.45, 7) is 2.09. The van der Waals surface area contributed by atoms with E-state index in [1.165, 1.54) is 5.56 Å². The summed E-state index contributed by atoms with van der Waals surface area (Å²) in [5, 5.41) is 4.76. The molecule has 0 spiro atoms. The second kappa shape index (κ2) is 6.47. The average Bonchev–Trinajstić information content (AvgIpc) is 3.12. The molecule has 3 aromatic carbocycles. The van der Waals surface area contributed by atoms with E-state index < -0.39 is 6.17 Å². The van der Waals surface area contributed by atoms with Gasteiger partial charge >= 0.3 is 0 Å². The molecule has 31 heavy (non-hydrogen) atoms. The van der Waals surface area contributed by atoms with Crippen LogP contribution in [-0.4, -0.2) is 20.7 Å². The maximum absolute atomic E-state index is 13.3. The highest BCUT2D eigenvalue weighted by atomic mass is 16.2. The fourth-order valence-electron chi connectivity index (χ4n) is 4.48. The summed E-state index contributed by atoms with van der Waals surface area (Å²) in [6.07, 6.45) is 0.442. The second-order valence-corrected chi connectivity index (χ2v) is 7.74. The van der Waals surface area contributed by atoms with Crippen molar-refractivity contribution in [1.82, 2.24) is 14.8 Å². The number of hydrogen-bond donors (Lipinski definition) is 0. The molecular formula is C25H18N4O2. The topological polar surface area (TPSA) is 68.1 Å². The van der Waals surface area contributed by atoms with Crippen LogP contribution in [0, 0.1) is 0 Å². The Balaban J connectivity index is 1.64. The maximum Gasteiger partial charge on any atom is 0.300 e. The standard InChI is InChI=1S/C25H18N4O2/c1-2-15-11-13-16(14-12-15)21-23(30)26-22-19-9-5-6-10-20(19)28-24(29(22)27-21)17-7-3-4-8-18(17)25(28)31/h3-14,24H,2H2,1H3/t24-/m0/s1. The molecule has 0 saturated heterocycles. The van der Waals surface area contributed by atoms with E-state index in [2.05, 4.69) is 11.9 Å². The minimum Gasteiger partial charge on any atom is -0.280 e. The molecule has 2 aliphatic rings. The molecular weight excluding hydrogens is 388 g/mol. The number of anilines is 1. The number of carbonyl (C=O) groups excluding carboxylic acids is 1. The Morgan fingerprint density at radius 3 is 2.35 bits per heavy atom. The van der Waals surface area contributed by atoms with Crippen molar-refractivity contribution in [3.8, 4) is 22.6 Å². The molecule has 0 N–H and O–H groups in total. The van der Waals surface area contributed by atoms with Gasteiger partial charge in [-0.3, -0.25) is 14.5 Å². The van der Waals surface area contributed by atoms with Gasteiger partial charge in [0, 0.05) is 22.3 Å². The van der Waals surface area contributed by atoms with Gasteiger partial charge in [-0.2, -0.15) is 10.1 Å². The van der Waals surface area contributed by atoms with E-state index in [4.69, 9.17) is 5.10 Å². The maximum atomic E-state index is 13.3. The molecule has 6 heteroatoms. The van der Waals surface area contributed by atoms with Crippen LogP contribution in [0.5, 0.6) is 0 Å². The predicted octanol–water partition coefficient (Wildman–Crippen LogP) is 4.06. The summed E-state index contributed by atoms with van der Waals surface area (Å²) in [5.74, 6) is 0.397. The van der Waals surface area contributed by atoms with E-state index in [0.29, 0.717) is 17.0 Å². The molecule has 150 valence electrons. The van der Waals surface area contributed by atoms with E-state index in [1.807, 2.05) is 72.8 Å². The minimum absolute atomic E-state index is 0.0759. The first-order chi connectivity index (χ1) is 15.2. The van der Waals surface area contributed by atoms with E-state index in [1.54, 1.807) is 9.58 Å². The molecule has 4 aromatic rings. The zero-order chi connectivity index (χ0) is 21.1. The molecule has 3 heterocycles. The number of benzene rings is 3. The quantitative estimate of drug-likeness (QED) is 0.504. The van der Waals surface area contributed by atoms with Crippen LogP contribution in [0.1, 0.15) is 34.6 Å². The van der Waals surface area contributed by atoms with Gasteiger partial charge in [-0.25, -0.2) is 4.68 Å². The average molecular weight is 406 g/mol. The van der Waals surface area contributed by atoms with E-state index in [9.17, 15) is 9.59 Å². The van der Waals surface area contributed by atoms with Gasteiger partial charge in [0.25, 0.3) is 11.5 Å². The lowest BCUT2D eigenvalue weighted by molar-refractivity contribution is 0.0986. The number of amides is 1. The lowest BCUT2D eigenvalue weighted by Crippen LogP contribution is -2.39. The van der Waals surface area contributed by atoms with Crippen molar-refractivity contribution in [2.75, 3.05) is 4.90 Å². The number of aromatic nitrogens is 3. The highest BCUT2D eigenvalue weighted by molar-refractivity contribution is 6.13. The Bertz CT molecular complexity index is 1420. The third-order valence-electron chi connectivity index (χ3n) is 6.04. The molecule has 1 amide bonds. The molecule has 0 fully saturated rings. The van der Waals surface area contributed by atoms with Crippen molar-refractivity contribution in [3.05, 3.63) is 99.8 Å². The normalized spacial score (nSPS) is 15.8. The van der Waals surface area contributed by atoms with Gasteiger partial charge in [-0.05, 0) is 30.2 Å². The van der Waals surface area contributed by atoms with Gasteiger partial charge in [0.1, 0.15) is 0 Å². The molecule has 1 aromatic heterocycles. The predicted molar refractivity (Wildman–Crippen MR) is 118 cm³/mol. The summed E-state index contributed by atoms with van der Waals surface area (Å²) in [7, 11) is 0. The van der Waals surface area contributed by atoms with Crippen LogP contribution < -0.4 is 10.5 Å². The van der Waals surface area contributed by atoms with Gasteiger partial charge in [-0.15, -0.1) is 0 Å². The highest BCUT2D eigenvalue weighted by Gasteiger charge is 2.44. The van der Waals surface area contributed by atoms with Gasteiger partial charge in [0.2, 0.25) is 0 Å². The van der Waals surface area contributed by atoms with Crippen molar-refractivity contribution in [2.45, 2.75) is 19.5 Å². The lowest BCUT2D eigenvalue weighted by Gasteiger charge is -2.34. The summed E-state index contributed by atoms with van der Waals surface area (Å²) in [6, 6.07) is 22.9. The Kier molecular flexibility index (Phi) is 3.71. The van der Waals surface area contributed by atoms with Crippen LogP contribution in [0.25, 0.3) is 22.6 Å². The first-order valence-corrected chi connectivity index (χ1v) is 10.3. The van der Waals surface area contributed by atoms with Crippen molar-refractivity contribution in [3.63, 3.8) is 0 Å². The van der Waals surface area contributed by atoms with E-state index >= 15 is 0 Å². The van der Waals surface area contributed by atoms with Crippen molar-refractivity contribution in [2.24, 2.45) is 0 Å². The Hall–Kier alpha value is -4.06. The molecule has 0 aliphatic carbocycles. The largest absolute Gasteiger partial charge is 0.300 e. The van der Waals surface area contributed by atoms with Crippen molar-refractivity contribution < 1.29 is 4.79 Å². The summed E-state index contributed by atoms with van der Waals surface area (Å²) in [5.41, 5.74) is 4.76. The van der Waals surface area contributed by atoms with Crippen LogP contribution in [0.4, 0.5) is 5.69 Å². The molecule has 0 bridgehead atoms. The number of fused-ring (bicyclic) bond motifs is 8. The van der Waals surface area contributed by atoms with Crippen molar-refractivity contribution >= 4 is 11.6 Å². The zero-order valence-electron chi connectivity index (χ0n) is 16.8. The van der Waals surface area contributed by atoms with Crippen LogP contribution in [0.15, 0.2) is 77.6 Å². The number of para-hydroxylation sites is 1. The molecule has 6 nitrogen and oxygen atoms in total. The molecule has 1 atom stereocenters. The van der Waals surface area contributed by atoms with Gasteiger partial charge in [-0.1, -0.05) is 61.5 Å². The second-order valence-electron chi connectivity index (χ2n) is 7.74. The fourth-order valence-corrected chi connectivity index (χ4v) is 4.48. The van der Waals surface area contributed by atoms with Crippen LogP contribution in [0.3, 0.4) is 0 Å². The summed E-state index contributed by atoms with van der Waals surface area (Å²) < 4.78 is 1.72. The smallest absolute Gasteiger partial charge is 0.280 e. The van der Waals surface area contributed by atoms with E-state index in [0.717, 1.165) is 23.2 Å². The molecule has 0 unspecified atom stereocenters. The number of nitrogens with zero attached hydrogens (tertiary/aromatic N) is 4. The first kappa shape index (κ1) is 17.8. The first-order valence-electron chi connectivity index (χ1n) is 10.3. The number of hydrogen-bond acceptors (Lipinski definition) is 4. The van der Waals surface area contributed by atoms with Crippen LogP contribution in [-0.2, 0) is 6.42 Å². The van der Waals surface area contributed by atoms with Gasteiger partial charge in [0.15, 0.2) is 17.7 Å². The number of rotatable bonds is 2. The number of aryl methyl sites for hydroxylation is 1. The van der Waals surface area contributed by atoms with Crippen molar-refractivity contribution in [1.29, 1.82) is 0 Å². The number of carbonyl (C=O) groups is 1. The summed E-state index contributed by atoms with van der Waals surface area (Å²) >= 11 is 0. The van der Waals surface area contributed by atoms with Crippen LogP contribution in [0.2, 0.25) is 0 Å². The molecule has 0 saturated carbocycles. The minimum atomic E-state index is -0.477.